The molecule has 0 spiro atoms. The van der Waals surface area contributed by atoms with Gasteiger partial charge in [-0.25, -0.2) is 0 Å². The van der Waals surface area contributed by atoms with E-state index in [1.165, 1.54) is 11.8 Å². The third-order valence-corrected chi connectivity index (χ3v) is 7.02. The van der Waals surface area contributed by atoms with Gasteiger partial charge in [0.15, 0.2) is 5.16 Å². The van der Waals surface area contributed by atoms with Crippen LogP contribution in [0.15, 0.2) is 29.4 Å². The Hall–Kier alpha value is -2.63. The molecule has 3 fully saturated rings. The largest absolute Gasteiger partial charge is 0.378 e. The lowest BCUT2D eigenvalue weighted by Gasteiger charge is -2.28. The lowest BCUT2D eigenvalue weighted by Crippen LogP contribution is -2.38. The second kappa shape index (κ2) is 10.7. The van der Waals surface area contributed by atoms with E-state index in [0.717, 1.165) is 51.3 Å². The van der Waals surface area contributed by atoms with Crippen molar-refractivity contribution in [1.82, 2.24) is 20.1 Å². The fourth-order valence-corrected chi connectivity index (χ4v) is 4.84. The molecule has 11 heteroatoms. The van der Waals surface area contributed by atoms with Crippen LogP contribution < -0.4 is 15.5 Å². The monoisotopic (exact) mass is 486 g/mol. The van der Waals surface area contributed by atoms with Gasteiger partial charge in [-0.05, 0) is 43.9 Å². The molecular weight excluding hydrogens is 456 g/mol. The maximum absolute atomic E-state index is 12.7. The van der Waals surface area contributed by atoms with Crippen molar-refractivity contribution in [3.8, 4) is 0 Å². The number of anilines is 2. The van der Waals surface area contributed by atoms with Crippen molar-refractivity contribution >= 4 is 35.2 Å². The molecule has 1 unspecified atom stereocenters. The molecule has 3 heterocycles. The summed E-state index contributed by atoms with van der Waals surface area (Å²) in [5, 5.41) is 15.4. The van der Waals surface area contributed by atoms with Crippen LogP contribution in [0.25, 0.3) is 0 Å². The van der Waals surface area contributed by atoms with Crippen molar-refractivity contribution < 1.29 is 19.1 Å². The first-order valence-corrected chi connectivity index (χ1v) is 12.9. The Morgan fingerprint density at radius 3 is 2.74 bits per heavy atom. The van der Waals surface area contributed by atoms with Crippen LogP contribution in [0.5, 0.6) is 0 Å². The molecule has 182 valence electrons. The molecule has 0 radical (unpaired) electrons. The van der Waals surface area contributed by atoms with E-state index < -0.39 is 0 Å². The molecule has 2 aliphatic heterocycles. The Morgan fingerprint density at radius 2 is 1.97 bits per heavy atom. The molecule has 2 saturated heterocycles. The Kier molecular flexibility index (Phi) is 7.31. The zero-order valence-corrected chi connectivity index (χ0v) is 19.9. The number of morpholine rings is 1. The maximum Gasteiger partial charge on any atom is 0.251 e. The van der Waals surface area contributed by atoms with Crippen LogP contribution in [0.1, 0.15) is 36.0 Å². The minimum atomic E-state index is -0.163. The third kappa shape index (κ3) is 5.89. The summed E-state index contributed by atoms with van der Waals surface area (Å²) in [4.78, 5) is 27.1. The summed E-state index contributed by atoms with van der Waals surface area (Å²) in [6.45, 7) is 4.30. The molecule has 1 aromatic heterocycles. The molecular formula is C23H30N6O4S. The van der Waals surface area contributed by atoms with Crippen LogP contribution in [0.3, 0.4) is 0 Å². The Balaban J connectivity index is 1.22. The molecule has 2 aromatic rings. The van der Waals surface area contributed by atoms with E-state index >= 15 is 0 Å². The molecule has 3 aliphatic rings. The number of rotatable bonds is 9. The first-order valence-electron chi connectivity index (χ1n) is 11.9. The van der Waals surface area contributed by atoms with E-state index in [1.807, 2.05) is 0 Å². The highest BCUT2D eigenvalue weighted by Gasteiger charge is 2.26. The topological polar surface area (TPSA) is 111 Å². The number of hydrogen-bond acceptors (Lipinski definition) is 8. The predicted octanol–water partition coefficient (Wildman–Crippen LogP) is 1.92. The standard InChI is InChI=1S/C23H30N6O4S/c30-20(24-18-4-1-3-16(13-18)21(31)25-17-6-7-17)15-34-23-27-26-22(28-8-11-32-12-9-28)29(23)14-19-5-2-10-33-19/h1,3-4,13,17,19H,2,5-12,14-15H2,(H,24,30)(H,25,31). The van der Waals surface area contributed by atoms with Crippen molar-refractivity contribution in [2.75, 3.05) is 48.9 Å². The molecule has 1 aliphatic carbocycles. The molecule has 2 amide bonds. The Labute approximate surface area is 202 Å². The fourth-order valence-electron chi connectivity index (χ4n) is 4.10. The van der Waals surface area contributed by atoms with Gasteiger partial charge in [-0.3, -0.25) is 14.2 Å². The number of hydrogen-bond donors (Lipinski definition) is 2. The van der Waals surface area contributed by atoms with Gasteiger partial charge in [0.1, 0.15) is 0 Å². The van der Waals surface area contributed by atoms with Gasteiger partial charge in [-0.1, -0.05) is 17.8 Å². The number of nitrogens with one attached hydrogen (secondary N) is 2. The summed E-state index contributed by atoms with van der Waals surface area (Å²) in [7, 11) is 0. The van der Waals surface area contributed by atoms with Crippen LogP contribution in [0.4, 0.5) is 11.6 Å². The van der Waals surface area contributed by atoms with Gasteiger partial charge in [-0.15, -0.1) is 10.2 Å². The van der Waals surface area contributed by atoms with Gasteiger partial charge in [0.05, 0.1) is 31.6 Å². The lowest BCUT2D eigenvalue weighted by molar-refractivity contribution is -0.113. The first kappa shape index (κ1) is 23.1. The van der Waals surface area contributed by atoms with Crippen LogP contribution in [0, 0.1) is 0 Å². The van der Waals surface area contributed by atoms with E-state index in [2.05, 4.69) is 30.3 Å². The highest BCUT2D eigenvalue weighted by atomic mass is 32.2. The molecule has 5 rings (SSSR count). The first-order chi connectivity index (χ1) is 16.7. The maximum atomic E-state index is 12.7. The molecule has 1 atom stereocenters. The van der Waals surface area contributed by atoms with E-state index in [1.54, 1.807) is 24.3 Å². The number of nitrogens with zero attached hydrogens (tertiary/aromatic N) is 4. The molecule has 2 N–H and O–H groups in total. The van der Waals surface area contributed by atoms with Crippen LogP contribution >= 0.6 is 11.8 Å². The number of carbonyl (C=O) groups is 2. The van der Waals surface area contributed by atoms with Crippen molar-refractivity contribution in [3.63, 3.8) is 0 Å². The SMILES string of the molecule is O=C(CSc1nnc(N2CCOCC2)n1CC1CCCO1)Nc1cccc(C(=O)NC2CC2)c1. The second-order valence-corrected chi connectivity index (χ2v) is 9.74. The van der Waals surface area contributed by atoms with Gasteiger partial charge in [-0.2, -0.15) is 0 Å². The van der Waals surface area contributed by atoms with Crippen molar-refractivity contribution in [3.05, 3.63) is 29.8 Å². The zero-order valence-electron chi connectivity index (χ0n) is 19.1. The quantitative estimate of drug-likeness (QED) is 0.518. The Morgan fingerprint density at radius 1 is 1.12 bits per heavy atom. The van der Waals surface area contributed by atoms with E-state index in [4.69, 9.17) is 9.47 Å². The van der Waals surface area contributed by atoms with E-state index in [9.17, 15) is 9.59 Å². The van der Waals surface area contributed by atoms with Gasteiger partial charge in [0.2, 0.25) is 11.9 Å². The highest BCUT2D eigenvalue weighted by molar-refractivity contribution is 7.99. The molecule has 34 heavy (non-hydrogen) atoms. The van der Waals surface area contributed by atoms with E-state index in [-0.39, 0.29) is 29.7 Å². The average Bonchev–Trinajstić information content (AvgIpc) is 3.35. The number of benzene rings is 1. The normalized spacial score (nSPS) is 20.4. The molecule has 10 nitrogen and oxygen atoms in total. The highest BCUT2D eigenvalue weighted by Crippen LogP contribution is 2.26. The van der Waals surface area contributed by atoms with Crippen LogP contribution in [-0.4, -0.2) is 77.4 Å². The molecule has 1 aromatic carbocycles. The molecule has 0 bridgehead atoms. The van der Waals surface area contributed by atoms with Crippen molar-refractivity contribution in [2.24, 2.45) is 0 Å². The second-order valence-electron chi connectivity index (χ2n) is 8.79. The van der Waals surface area contributed by atoms with Crippen molar-refractivity contribution in [1.29, 1.82) is 0 Å². The summed E-state index contributed by atoms with van der Waals surface area (Å²) in [6, 6.07) is 7.31. The summed E-state index contributed by atoms with van der Waals surface area (Å²) in [5.74, 6) is 0.719. The lowest BCUT2D eigenvalue weighted by atomic mass is 10.2. The summed E-state index contributed by atoms with van der Waals surface area (Å²) < 4.78 is 13.4. The summed E-state index contributed by atoms with van der Waals surface area (Å²) in [5.41, 5.74) is 1.15. The van der Waals surface area contributed by atoms with Gasteiger partial charge in [0.25, 0.3) is 5.91 Å². The number of amides is 2. The number of aromatic nitrogens is 3. The van der Waals surface area contributed by atoms with E-state index in [0.29, 0.717) is 36.2 Å². The summed E-state index contributed by atoms with van der Waals surface area (Å²) >= 11 is 1.35. The third-order valence-electron chi connectivity index (χ3n) is 6.05. The molecule has 1 saturated carbocycles. The number of ether oxygens (including phenoxy) is 2. The van der Waals surface area contributed by atoms with Gasteiger partial charge < -0.3 is 25.0 Å². The summed E-state index contributed by atoms with van der Waals surface area (Å²) in [6.07, 6.45) is 4.26. The number of carbonyl (C=O) groups excluding carboxylic acids is 2. The smallest absolute Gasteiger partial charge is 0.251 e. The van der Waals surface area contributed by atoms with Gasteiger partial charge in [0, 0.05) is 37.0 Å². The predicted molar refractivity (Wildman–Crippen MR) is 128 cm³/mol. The fraction of sp³-hybridized carbons (Fsp3) is 0.565. The van der Waals surface area contributed by atoms with Crippen LogP contribution in [-0.2, 0) is 20.8 Å². The van der Waals surface area contributed by atoms with Crippen molar-refractivity contribution in [2.45, 2.75) is 49.5 Å². The average molecular weight is 487 g/mol. The minimum absolute atomic E-state index is 0.106. The van der Waals surface area contributed by atoms with Gasteiger partial charge >= 0.3 is 0 Å². The van der Waals surface area contributed by atoms with Crippen LogP contribution in [0.2, 0.25) is 0 Å². The zero-order chi connectivity index (χ0) is 23.3. The number of thioether (sulfide) groups is 1. The Bertz CT molecular complexity index is 1010. The minimum Gasteiger partial charge on any atom is -0.378 e.